The van der Waals surface area contributed by atoms with Gasteiger partial charge in [-0.15, -0.1) is 11.6 Å². The van der Waals surface area contributed by atoms with Crippen molar-refractivity contribution in [2.45, 2.75) is 19.3 Å². The van der Waals surface area contributed by atoms with Gasteiger partial charge in [0.15, 0.2) is 0 Å². The molecule has 1 unspecified atom stereocenters. The van der Waals surface area contributed by atoms with E-state index in [1.54, 1.807) is 17.5 Å². The summed E-state index contributed by atoms with van der Waals surface area (Å²) in [5.41, 5.74) is 0.900. The Morgan fingerprint density at radius 1 is 1.48 bits per heavy atom. The maximum absolute atomic E-state index is 12.6. The Bertz CT molecular complexity index is 538. The molecular weight excluding hydrogens is 310 g/mol. The molecule has 0 N–H and O–H groups in total. The second-order valence-electron chi connectivity index (χ2n) is 5.42. The van der Waals surface area contributed by atoms with Gasteiger partial charge in [0.05, 0.1) is 0 Å². The molecule has 0 radical (unpaired) electrons. The van der Waals surface area contributed by atoms with Gasteiger partial charge in [0.1, 0.15) is 0 Å². The predicted molar refractivity (Wildman–Crippen MR) is 84.5 cm³/mol. The molecule has 0 aromatic carbocycles. The minimum absolute atomic E-state index is 0.263. The number of likely N-dealkylation sites (N-methyl/N-ethyl adjacent to an activating group) is 1. The van der Waals surface area contributed by atoms with Crippen molar-refractivity contribution in [3.8, 4) is 0 Å². The smallest absolute Gasteiger partial charge is 0.261 e. The summed E-state index contributed by atoms with van der Waals surface area (Å²) in [6, 6.07) is 5.67. The van der Waals surface area contributed by atoms with Crippen molar-refractivity contribution >= 4 is 21.8 Å². The number of piperidine rings is 1. The van der Waals surface area contributed by atoms with Crippen molar-refractivity contribution in [2.75, 3.05) is 32.6 Å². The normalized spacial score (nSPS) is 20.8. The third-order valence-electron chi connectivity index (χ3n) is 3.83. The fourth-order valence-corrected chi connectivity index (χ4v) is 4.22. The van der Waals surface area contributed by atoms with Gasteiger partial charge in [0.2, 0.25) is 0 Å². The molecule has 1 saturated heterocycles. The molecule has 0 amide bonds. The molecule has 1 aromatic heterocycles. The van der Waals surface area contributed by atoms with Gasteiger partial charge in [0.25, 0.3) is 10.2 Å². The van der Waals surface area contributed by atoms with Gasteiger partial charge in [-0.3, -0.25) is 4.98 Å². The van der Waals surface area contributed by atoms with E-state index in [9.17, 15) is 8.42 Å². The minimum Gasteiger partial charge on any atom is -0.261 e. The van der Waals surface area contributed by atoms with Crippen LogP contribution >= 0.6 is 11.6 Å². The van der Waals surface area contributed by atoms with Gasteiger partial charge in [-0.2, -0.15) is 17.0 Å². The molecule has 1 aliphatic rings. The molecule has 7 heteroatoms. The van der Waals surface area contributed by atoms with Crippen LogP contribution in [0, 0.1) is 5.92 Å². The number of rotatable bonds is 6. The van der Waals surface area contributed by atoms with Crippen LogP contribution in [0.5, 0.6) is 0 Å². The van der Waals surface area contributed by atoms with E-state index in [4.69, 9.17) is 11.6 Å². The molecule has 21 heavy (non-hydrogen) atoms. The lowest BCUT2D eigenvalue weighted by Crippen LogP contribution is -2.47. The highest BCUT2D eigenvalue weighted by atomic mass is 35.5. The molecule has 0 saturated carbocycles. The summed E-state index contributed by atoms with van der Waals surface area (Å²) in [5.74, 6) is 0.781. The number of halogens is 1. The van der Waals surface area contributed by atoms with E-state index in [0.29, 0.717) is 31.9 Å². The average Bonchev–Trinajstić information content (AvgIpc) is 2.53. The molecule has 1 aliphatic heterocycles. The van der Waals surface area contributed by atoms with Crippen LogP contribution in [0.15, 0.2) is 24.4 Å². The van der Waals surface area contributed by atoms with Gasteiger partial charge in [-0.1, -0.05) is 6.07 Å². The van der Waals surface area contributed by atoms with Gasteiger partial charge in [-0.05, 0) is 30.9 Å². The summed E-state index contributed by atoms with van der Waals surface area (Å²) in [6.07, 6.45) is 4.22. The fourth-order valence-electron chi connectivity index (χ4n) is 2.49. The summed E-state index contributed by atoms with van der Waals surface area (Å²) in [4.78, 5) is 4.22. The van der Waals surface area contributed by atoms with Crippen LogP contribution in [-0.4, -0.2) is 54.6 Å². The van der Waals surface area contributed by atoms with E-state index in [1.165, 1.54) is 4.31 Å². The lowest BCUT2D eigenvalue weighted by atomic mass is 10.0. The van der Waals surface area contributed by atoms with Crippen LogP contribution in [0.25, 0.3) is 0 Å². The molecule has 5 nitrogen and oxygen atoms in total. The third kappa shape index (κ3) is 4.39. The molecule has 0 spiro atoms. The van der Waals surface area contributed by atoms with E-state index in [0.717, 1.165) is 18.5 Å². The summed E-state index contributed by atoms with van der Waals surface area (Å²) < 4.78 is 28.1. The molecule has 2 heterocycles. The molecular formula is C14H22ClN3O2S. The highest BCUT2D eigenvalue weighted by Crippen LogP contribution is 2.21. The third-order valence-corrected chi connectivity index (χ3v) is 6.22. The number of hydrogen-bond donors (Lipinski definition) is 0. The Balaban J connectivity index is 1.95. The topological polar surface area (TPSA) is 53.5 Å². The van der Waals surface area contributed by atoms with Gasteiger partial charge in [0, 0.05) is 50.9 Å². The number of pyridine rings is 1. The van der Waals surface area contributed by atoms with Crippen LogP contribution in [0.2, 0.25) is 0 Å². The molecule has 0 aliphatic carbocycles. The quantitative estimate of drug-likeness (QED) is 0.746. The van der Waals surface area contributed by atoms with Crippen molar-refractivity contribution in [2.24, 2.45) is 5.92 Å². The summed E-state index contributed by atoms with van der Waals surface area (Å²) in [5, 5.41) is 0. The second-order valence-corrected chi connectivity index (χ2v) is 7.76. The highest BCUT2D eigenvalue weighted by molar-refractivity contribution is 7.86. The Morgan fingerprint density at radius 2 is 2.29 bits per heavy atom. The first-order valence-electron chi connectivity index (χ1n) is 7.21. The lowest BCUT2D eigenvalue weighted by Gasteiger charge is -2.33. The number of alkyl halides is 1. The van der Waals surface area contributed by atoms with E-state index < -0.39 is 10.2 Å². The SMILES string of the molecule is CN(CCc1ccccn1)S(=O)(=O)N1CCCC(CCl)C1. The van der Waals surface area contributed by atoms with Crippen LogP contribution in [0.4, 0.5) is 0 Å². The highest BCUT2D eigenvalue weighted by Gasteiger charge is 2.31. The maximum atomic E-state index is 12.6. The number of aromatic nitrogens is 1. The van der Waals surface area contributed by atoms with Crippen molar-refractivity contribution < 1.29 is 8.42 Å². The Kier molecular flexibility index (Phi) is 5.98. The van der Waals surface area contributed by atoms with Crippen LogP contribution in [0.3, 0.4) is 0 Å². The maximum Gasteiger partial charge on any atom is 0.281 e. The molecule has 1 atom stereocenters. The first-order valence-corrected chi connectivity index (χ1v) is 9.14. The zero-order valence-corrected chi connectivity index (χ0v) is 13.9. The zero-order valence-electron chi connectivity index (χ0n) is 12.3. The lowest BCUT2D eigenvalue weighted by molar-refractivity contribution is 0.266. The molecule has 1 fully saturated rings. The van der Waals surface area contributed by atoms with E-state index in [2.05, 4.69) is 4.98 Å². The summed E-state index contributed by atoms with van der Waals surface area (Å²) in [7, 11) is -1.77. The van der Waals surface area contributed by atoms with Crippen molar-refractivity contribution in [3.05, 3.63) is 30.1 Å². The fraction of sp³-hybridized carbons (Fsp3) is 0.643. The van der Waals surface area contributed by atoms with Crippen LogP contribution < -0.4 is 0 Å². The summed E-state index contributed by atoms with van der Waals surface area (Å²) >= 11 is 5.87. The van der Waals surface area contributed by atoms with E-state index in [-0.39, 0.29) is 5.92 Å². The first-order chi connectivity index (χ1) is 10.0. The van der Waals surface area contributed by atoms with Crippen LogP contribution in [-0.2, 0) is 16.6 Å². The second kappa shape index (κ2) is 7.54. The average molecular weight is 332 g/mol. The monoisotopic (exact) mass is 331 g/mol. The van der Waals surface area contributed by atoms with E-state index >= 15 is 0 Å². The zero-order chi connectivity index (χ0) is 15.3. The van der Waals surface area contributed by atoms with Gasteiger partial charge in [-0.25, -0.2) is 0 Å². The Labute approximate surface area is 132 Å². The Hall–Kier alpha value is -0.690. The molecule has 2 rings (SSSR count). The van der Waals surface area contributed by atoms with Gasteiger partial charge >= 0.3 is 0 Å². The van der Waals surface area contributed by atoms with Gasteiger partial charge < -0.3 is 0 Å². The number of hydrogen-bond acceptors (Lipinski definition) is 3. The standard InChI is InChI=1S/C14H22ClN3O2S/c1-17(10-7-14-6-2-3-8-16-14)21(19,20)18-9-4-5-13(11-15)12-18/h2-3,6,8,13H,4-5,7,9-12H2,1H3. The largest absolute Gasteiger partial charge is 0.281 e. The summed E-state index contributed by atoms with van der Waals surface area (Å²) in [6.45, 7) is 1.55. The van der Waals surface area contributed by atoms with Crippen LogP contribution in [0.1, 0.15) is 18.5 Å². The first kappa shape index (κ1) is 16.7. The van der Waals surface area contributed by atoms with E-state index in [1.807, 2.05) is 18.2 Å². The molecule has 0 bridgehead atoms. The van der Waals surface area contributed by atoms with Crippen molar-refractivity contribution in [3.63, 3.8) is 0 Å². The number of nitrogens with zero attached hydrogens (tertiary/aromatic N) is 3. The predicted octanol–water partition coefficient (Wildman–Crippen LogP) is 1.75. The Morgan fingerprint density at radius 3 is 2.95 bits per heavy atom. The van der Waals surface area contributed by atoms with Crippen molar-refractivity contribution in [1.29, 1.82) is 0 Å². The minimum atomic E-state index is -3.39. The molecule has 118 valence electrons. The van der Waals surface area contributed by atoms with Crippen molar-refractivity contribution in [1.82, 2.24) is 13.6 Å². The molecule has 1 aromatic rings.